The van der Waals surface area contributed by atoms with Crippen molar-refractivity contribution in [2.45, 2.75) is 63.5 Å². The summed E-state index contributed by atoms with van der Waals surface area (Å²) in [5.41, 5.74) is 6.10. The lowest BCUT2D eigenvalue weighted by atomic mass is 9.86. The van der Waals surface area contributed by atoms with Crippen molar-refractivity contribution in [1.29, 1.82) is 0 Å². The van der Waals surface area contributed by atoms with E-state index in [1.54, 1.807) is 6.42 Å². The molecule has 3 aliphatic rings. The Balaban J connectivity index is 1.51. The largest absolute Gasteiger partial charge is 0.328 e. The molecular formula is C15H28N2. The third-order valence-electron chi connectivity index (χ3n) is 5.72. The van der Waals surface area contributed by atoms with Crippen LogP contribution in [0.25, 0.3) is 0 Å². The van der Waals surface area contributed by atoms with E-state index in [4.69, 9.17) is 5.73 Å². The zero-order chi connectivity index (χ0) is 11.8. The van der Waals surface area contributed by atoms with E-state index in [0.29, 0.717) is 6.04 Å². The molecule has 5 unspecified atom stereocenters. The number of fused-ring (bicyclic) bond motifs is 2. The predicted octanol–water partition coefficient (Wildman–Crippen LogP) is 2.62. The summed E-state index contributed by atoms with van der Waals surface area (Å²) >= 11 is 0. The van der Waals surface area contributed by atoms with Gasteiger partial charge in [0.15, 0.2) is 0 Å². The van der Waals surface area contributed by atoms with Crippen molar-refractivity contribution in [2.75, 3.05) is 13.6 Å². The number of nitrogens with two attached hydrogens (primary N) is 1. The minimum absolute atomic E-state index is 0.469. The Morgan fingerprint density at radius 2 is 1.94 bits per heavy atom. The Hall–Kier alpha value is -0.0800. The van der Waals surface area contributed by atoms with Crippen molar-refractivity contribution in [3.63, 3.8) is 0 Å². The maximum Gasteiger partial charge on any atom is 0.0107 e. The summed E-state index contributed by atoms with van der Waals surface area (Å²) in [6, 6.07) is 1.24. The predicted molar refractivity (Wildman–Crippen MR) is 71.8 cm³/mol. The van der Waals surface area contributed by atoms with Gasteiger partial charge in [-0.3, -0.25) is 0 Å². The van der Waals surface area contributed by atoms with E-state index >= 15 is 0 Å². The van der Waals surface area contributed by atoms with E-state index in [-0.39, 0.29) is 0 Å². The van der Waals surface area contributed by atoms with Gasteiger partial charge in [0.1, 0.15) is 0 Å². The van der Waals surface area contributed by atoms with E-state index in [1.165, 1.54) is 51.5 Å². The van der Waals surface area contributed by atoms with Crippen molar-refractivity contribution >= 4 is 0 Å². The van der Waals surface area contributed by atoms with E-state index in [9.17, 15) is 0 Å². The Morgan fingerprint density at radius 3 is 2.59 bits per heavy atom. The van der Waals surface area contributed by atoms with Crippen LogP contribution < -0.4 is 5.73 Å². The van der Waals surface area contributed by atoms with Gasteiger partial charge in [-0.1, -0.05) is 12.8 Å². The first kappa shape index (κ1) is 12.0. The monoisotopic (exact) mass is 236 g/mol. The van der Waals surface area contributed by atoms with Gasteiger partial charge >= 0.3 is 0 Å². The maximum absolute atomic E-state index is 6.10. The third-order valence-corrected chi connectivity index (χ3v) is 5.72. The van der Waals surface area contributed by atoms with E-state index in [0.717, 1.165) is 23.8 Å². The highest BCUT2D eigenvalue weighted by Gasteiger charge is 2.40. The van der Waals surface area contributed by atoms with Gasteiger partial charge in [0, 0.05) is 18.6 Å². The molecule has 2 heteroatoms. The van der Waals surface area contributed by atoms with Crippen LogP contribution in [0.4, 0.5) is 0 Å². The molecule has 3 aliphatic carbocycles. The molecule has 0 aromatic carbocycles. The third kappa shape index (κ3) is 2.53. The second-order valence-electron chi connectivity index (χ2n) is 6.96. The average molecular weight is 236 g/mol. The highest BCUT2D eigenvalue weighted by Crippen LogP contribution is 2.48. The second kappa shape index (κ2) is 4.89. The molecule has 0 aromatic rings. The molecule has 0 radical (unpaired) electrons. The molecule has 2 N–H and O–H groups in total. The van der Waals surface area contributed by atoms with Crippen LogP contribution in [-0.2, 0) is 0 Å². The summed E-state index contributed by atoms with van der Waals surface area (Å²) in [6.45, 7) is 1.35. The molecule has 0 saturated heterocycles. The zero-order valence-corrected chi connectivity index (χ0v) is 11.3. The molecule has 2 bridgehead atoms. The molecule has 5 atom stereocenters. The highest BCUT2D eigenvalue weighted by molar-refractivity contribution is 4.92. The Labute approximate surface area is 106 Å². The molecule has 0 heterocycles. The number of hydrogen-bond donors (Lipinski definition) is 1. The van der Waals surface area contributed by atoms with Crippen LogP contribution >= 0.6 is 0 Å². The molecule has 3 fully saturated rings. The normalized spacial score (nSPS) is 45.7. The van der Waals surface area contributed by atoms with Crippen molar-refractivity contribution in [2.24, 2.45) is 23.5 Å². The summed E-state index contributed by atoms with van der Waals surface area (Å²) in [7, 11) is 2.34. The minimum Gasteiger partial charge on any atom is -0.328 e. The topological polar surface area (TPSA) is 29.3 Å². The van der Waals surface area contributed by atoms with Crippen LogP contribution in [0.1, 0.15) is 51.4 Å². The van der Waals surface area contributed by atoms with Crippen LogP contribution in [0, 0.1) is 17.8 Å². The Kier molecular flexibility index (Phi) is 3.45. The molecule has 0 aliphatic heterocycles. The van der Waals surface area contributed by atoms with Crippen LogP contribution in [-0.4, -0.2) is 30.6 Å². The summed E-state index contributed by atoms with van der Waals surface area (Å²) in [6.07, 6.45) is 11.3. The average Bonchev–Trinajstić information content (AvgIpc) is 2.91. The highest BCUT2D eigenvalue weighted by atomic mass is 15.1. The van der Waals surface area contributed by atoms with Gasteiger partial charge < -0.3 is 10.6 Å². The number of hydrogen-bond acceptors (Lipinski definition) is 2. The lowest BCUT2D eigenvalue weighted by Gasteiger charge is -2.37. The molecule has 0 spiro atoms. The van der Waals surface area contributed by atoms with Gasteiger partial charge in [0.25, 0.3) is 0 Å². The van der Waals surface area contributed by atoms with Crippen LogP contribution in [0.15, 0.2) is 0 Å². The first-order chi connectivity index (χ1) is 8.22. The standard InChI is InChI=1S/C15H28N2/c1-17(15-4-2-3-14(16)9-15)10-13-8-11-5-6-12(13)7-11/h11-15H,2-10,16H2,1H3. The molecule has 0 aromatic heterocycles. The smallest absolute Gasteiger partial charge is 0.0107 e. The summed E-state index contributed by atoms with van der Waals surface area (Å²) < 4.78 is 0. The molecule has 3 rings (SSSR count). The second-order valence-corrected chi connectivity index (χ2v) is 6.96. The van der Waals surface area contributed by atoms with E-state index in [1.807, 2.05) is 0 Å². The number of rotatable bonds is 3. The van der Waals surface area contributed by atoms with Gasteiger partial charge in [-0.15, -0.1) is 0 Å². The SMILES string of the molecule is CN(CC1CC2CCC1C2)C1CCCC(N)C1. The van der Waals surface area contributed by atoms with Crippen molar-refractivity contribution in [1.82, 2.24) is 4.90 Å². The maximum atomic E-state index is 6.10. The van der Waals surface area contributed by atoms with Crippen molar-refractivity contribution in [3.05, 3.63) is 0 Å². The Morgan fingerprint density at radius 1 is 1.06 bits per heavy atom. The lowest BCUT2D eigenvalue weighted by Crippen LogP contribution is -2.43. The van der Waals surface area contributed by atoms with E-state index in [2.05, 4.69) is 11.9 Å². The molecular weight excluding hydrogens is 208 g/mol. The van der Waals surface area contributed by atoms with Gasteiger partial charge in [0.2, 0.25) is 0 Å². The fraction of sp³-hybridized carbons (Fsp3) is 1.00. The molecule has 0 amide bonds. The summed E-state index contributed by atoms with van der Waals surface area (Å²) in [5, 5.41) is 0. The quantitative estimate of drug-likeness (QED) is 0.816. The fourth-order valence-electron chi connectivity index (χ4n) is 4.72. The van der Waals surface area contributed by atoms with Crippen molar-refractivity contribution in [3.8, 4) is 0 Å². The Bertz CT molecular complexity index is 266. The zero-order valence-electron chi connectivity index (χ0n) is 11.3. The van der Waals surface area contributed by atoms with Gasteiger partial charge in [-0.05, 0) is 63.3 Å². The van der Waals surface area contributed by atoms with Crippen molar-refractivity contribution < 1.29 is 0 Å². The molecule has 2 nitrogen and oxygen atoms in total. The van der Waals surface area contributed by atoms with Gasteiger partial charge in [-0.25, -0.2) is 0 Å². The molecule has 98 valence electrons. The van der Waals surface area contributed by atoms with Crippen LogP contribution in [0.5, 0.6) is 0 Å². The van der Waals surface area contributed by atoms with Gasteiger partial charge in [-0.2, -0.15) is 0 Å². The fourth-order valence-corrected chi connectivity index (χ4v) is 4.72. The van der Waals surface area contributed by atoms with E-state index < -0.39 is 0 Å². The van der Waals surface area contributed by atoms with Gasteiger partial charge in [0.05, 0.1) is 0 Å². The first-order valence-electron chi connectivity index (χ1n) is 7.68. The minimum atomic E-state index is 0.469. The van der Waals surface area contributed by atoms with Crippen LogP contribution in [0.3, 0.4) is 0 Å². The number of nitrogens with zero attached hydrogens (tertiary/aromatic N) is 1. The molecule has 3 saturated carbocycles. The first-order valence-corrected chi connectivity index (χ1v) is 7.68. The lowest BCUT2D eigenvalue weighted by molar-refractivity contribution is 0.137. The van der Waals surface area contributed by atoms with Crippen LogP contribution in [0.2, 0.25) is 0 Å². The summed E-state index contributed by atoms with van der Waals surface area (Å²) in [4.78, 5) is 2.64. The summed E-state index contributed by atoms with van der Waals surface area (Å²) in [5.74, 6) is 3.17. The molecule has 17 heavy (non-hydrogen) atoms.